The fourth-order valence-corrected chi connectivity index (χ4v) is 4.29. The lowest BCUT2D eigenvalue weighted by atomic mass is 10.1. The van der Waals surface area contributed by atoms with Crippen LogP contribution in [-0.4, -0.2) is 53.6 Å². The fourth-order valence-electron chi connectivity index (χ4n) is 4.29. The van der Waals surface area contributed by atoms with Gasteiger partial charge in [-0.05, 0) is 68.3 Å². The van der Waals surface area contributed by atoms with Crippen molar-refractivity contribution in [1.29, 1.82) is 0 Å². The summed E-state index contributed by atoms with van der Waals surface area (Å²) in [6.45, 7) is 8.41. The Morgan fingerprint density at radius 1 is 0.971 bits per heavy atom. The number of aromatic nitrogens is 2. The van der Waals surface area contributed by atoms with Crippen molar-refractivity contribution >= 4 is 23.2 Å². The van der Waals surface area contributed by atoms with Gasteiger partial charge in [-0.1, -0.05) is 6.07 Å². The zero-order chi connectivity index (χ0) is 24.2. The Morgan fingerprint density at radius 2 is 1.62 bits per heavy atom. The standard InChI is InChI=1S/C26H31N5O3/c1-18-13-19(2)15-21(14-18)28-26-27-20(3)16-24(32)31(26)17-25(33)30-11-9-29(10-12-30)22-5-7-23(34-4)8-6-22/h5-8,13-16H,9-12,17H2,1-4H3,(H,27,28). The molecule has 1 aromatic heterocycles. The third-order valence-electron chi connectivity index (χ3n) is 5.98. The lowest BCUT2D eigenvalue weighted by molar-refractivity contribution is -0.132. The molecule has 34 heavy (non-hydrogen) atoms. The average Bonchev–Trinajstić information content (AvgIpc) is 2.80. The van der Waals surface area contributed by atoms with Crippen LogP contribution < -0.4 is 20.5 Å². The Hall–Kier alpha value is -3.81. The molecule has 1 saturated heterocycles. The number of aryl methyl sites for hydroxylation is 3. The molecular formula is C26H31N5O3. The van der Waals surface area contributed by atoms with Gasteiger partial charge >= 0.3 is 0 Å². The van der Waals surface area contributed by atoms with Crippen molar-refractivity contribution in [2.75, 3.05) is 43.5 Å². The molecule has 3 aromatic rings. The summed E-state index contributed by atoms with van der Waals surface area (Å²) in [4.78, 5) is 34.5. The average molecular weight is 462 g/mol. The fraction of sp³-hybridized carbons (Fsp3) is 0.346. The highest BCUT2D eigenvalue weighted by Crippen LogP contribution is 2.21. The van der Waals surface area contributed by atoms with E-state index in [0.717, 1.165) is 41.3 Å². The zero-order valence-corrected chi connectivity index (χ0v) is 20.2. The SMILES string of the molecule is COc1ccc(N2CCN(C(=O)Cn3c(Nc4cc(C)cc(C)c4)nc(C)cc3=O)CC2)cc1. The van der Waals surface area contributed by atoms with Gasteiger partial charge in [0.05, 0.1) is 7.11 Å². The lowest BCUT2D eigenvalue weighted by Crippen LogP contribution is -2.50. The largest absolute Gasteiger partial charge is 0.497 e. The smallest absolute Gasteiger partial charge is 0.255 e. The summed E-state index contributed by atoms with van der Waals surface area (Å²) >= 11 is 0. The van der Waals surface area contributed by atoms with E-state index in [2.05, 4.69) is 21.3 Å². The van der Waals surface area contributed by atoms with E-state index in [1.54, 1.807) is 14.0 Å². The first-order chi connectivity index (χ1) is 16.3. The van der Waals surface area contributed by atoms with Crippen LogP contribution in [0.4, 0.5) is 17.3 Å². The van der Waals surface area contributed by atoms with E-state index in [1.165, 1.54) is 10.6 Å². The molecule has 1 amide bonds. The number of anilines is 3. The highest BCUT2D eigenvalue weighted by Gasteiger charge is 2.23. The van der Waals surface area contributed by atoms with E-state index in [0.29, 0.717) is 24.7 Å². The van der Waals surface area contributed by atoms with Crippen molar-refractivity contribution in [3.63, 3.8) is 0 Å². The molecule has 4 rings (SSSR count). The second-order valence-corrected chi connectivity index (χ2v) is 8.71. The quantitative estimate of drug-likeness (QED) is 0.607. The van der Waals surface area contributed by atoms with E-state index < -0.39 is 0 Å². The lowest BCUT2D eigenvalue weighted by Gasteiger charge is -2.36. The summed E-state index contributed by atoms with van der Waals surface area (Å²) in [5, 5.41) is 3.24. The van der Waals surface area contributed by atoms with Crippen LogP contribution in [0.15, 0.2) is 53.3 Å². The number of nitrogens with zero attached hydrogens (tertiary/aromatic N) is 4. The maximum absolute atomic E-state index is 13.1. The van der Waals surface area contributed by atoms with Crippen molar-refractivity contribution in [2.45, 2.75) is 27.3 Å². The predicted octanol–water partition coefficient (Wildman–Crippen LogP) is 3.27. The monoisotopic (exact) mass is 461 g/mol. The minimum atomic E-state index is -0.246. The van der Waals surface area contributed by atoms with Gasteiger partial charge in [0, 0.05) is 49.3 Å². The van der Waals surface area contributed by atoms with Crippen LogP contribution in [0.2, 0.25) is 0 Å². The molecule has 8 nitrogen and oxygen atoms in total. The minimum absolute atomic E-state index is 0.0538. The highest BCUT2D eigenvalue weighted by atomic mass is 16.5. The number of hydrogen-bond acceptors (Lipinski definition) is 6. The molecule has 0 radical (unpaired) electrons. The van der Waals surface area contributed by atoms with Gasteiger partial charge in [0.2, 0.25) is 11.9 Å². The summed E-state index contributed by atoms with van der Waals surface area (Å²) in [6.07, 6.45) is 0. The van der Waals surface area contributed by atoms with Gasteiger partial charge in [0.25, 0.3) is 5.56 Å². The van der Waals surface area contributed by atoms with Gasteiger partial charge in [-0.3, -0.25) is 14.2 Å². The van der Waals surface area contributed by atoms with E-state index in [-0.39, 0.29) is 18.0 Å². The molecule has 0 spiro atoms. The molecule has 0 unspecified atom stereocenters. The highest BCUT2D eigenvalue weighted by molar-refractivity contribution is 5.77. The third-order valence-corrected chi connectivity index (χ3v) is 5.98. The van der Waals surface area contributed by atoms with Gasteiger partial charge in [0.15, 0.2) is 0 Å². The van der Waals surface area contributed by atoms with Gasteiger partial charge in [-0.15, -0.1) is 0 Å². The van der Waals surface area contributed by atoms with Crippen LogP contribution in [0.1, 0.15) is 16.8 Å². The van der Waals surface area contributed by atoms with Crippen LogP contribution >= 0.6 is 0 Å². The maximum Gasteiger partial charge on any atom is 0.255 e. The molecule has 1 N–H and O–H groups in total. The Balaban J connectivity index is 1.46. The van der Waals surface area contributed by atoms with Crippen molar-refractivity contribution in [2.24, 2.45) is 0 Å². The number of rotatable bonds is 6. The molecule has 178 valence electrons. The van der Waals surface area contributed by atoms with Crippen LogP contribution in [-0.2, 0) is 11.3 Å². The van der Waals surface area contributed by atoms with Crippen LogP contribution in [0, 0.1) is 20.8 Å². The summed E-state index contributed by atoms with van der Waals surface area (Å²) < 4.78 is 6.65. The predicted molar refractivity (Wildman–Crippen MR) is 134 cm³/mol. The number of benzene rings is 2. The Morgan fingerprint density at radius 3 is 2.24 bits per heavy atom. The summed E-state index contributed by atoms with van der Waals surface area (Å²) in [5.74, 6) is 1.10. The molecule has 1 aliphatic heterocycles. The van der Waals surface area contributed by atoms with Crippen molar-refractivity contribution in [1.82, 2.24) is 14.5 Å². The molecule has 2 aromatic carbocycles. The van der Waals surface area contributed by atoms with E-state index in [4.69, 9.17) is 4.74 Å². The summed E-state index contributed by atoms with van der Waals surface area (Å²) in [6, 6.07) is 15.5. The number of nitrogens with one attached hydrogen (secondary N) is 1. The molecule has 2 heterocycles. The first-order valence-electron chi connectivity index (χ1n) is 11.4. The maximum atomic E-state index is 13.1. The Bertz CT molecular complexity index is 1210. The second-order valence-electron chi connectivity index (χ2n) is 8.71. The first-order valence-corrected chi connectivity index (χ1v) is 11.4. The number of carbonyl (C=O) groups is 1. The van der Waals surface area contributed by atoms with Crippen LogP contribution in [0.3, 0.4) is 0 Å². The molecular weight excluding hydrogens is 430 g/mol. The molecule has 0 aliphatic carbocycles. The number of methoxy groups -OCH3 is 1. The van der Waals surface area contributed by atoms with Crippen molar-refractivity contribution < 1.29 is 9.53 Å². The zero-order valence-electron chi connectivity index (χ0n) is 20.2. The normalized spacial score (nSPS) is 13.6. The Labute approximate surface area is 199 Å². The van der Waals surface area contributed by atoms with E-state index >= 15 is 0 Å². The number of amides is 1. The summed E-state index contributed by atoms with van der Waals surface area (Å²) in [5.41, 5.74) is 4.51. The first kappa shape index (κ1) is 23.4. The van der Waals surface area contributed by atoms with Gasteiger partial charge in [0.1, 0.15) is 12.3 Å². The van der Waals surface area contributed by atoms with Gasteiger partial charge < -0.3 is 19.9 Å². The van der Waals surface area contributed by atoms with Crippen LogP contribution in [0.25, 0.3) is 0 Å². The van der Waals surface area contributed by atoms with Gasteiger partial charge in [-0.2, -0.15) is 0 Å². The molecule has 1 fully saturated rings. The molecule has 0 saturated carbocycles. The summed E-state index contributed by atoms with van der Waals surface area (Å²) in [7, 11) is 1.65. The Kier molecular flexibility index (Phi) is 6.86. The molecule has 8 heteroatoms. The number of piperazine rings is 1. The third kappa shape index (κ3) is 5.39. The number of ether oxygens (including phenoxy) is 1. The van der Waals surface area contributed by atoms with Crippen LogP contribution in [0.5, 0.6) is 5.75 Å². The number of carbonyl (C=O) groups excluding carboxylic acids is 1. The molecule has 1 aliphatic rings. The van der Waals surface area contributed by atoms with E-state index in [1.807, 2.05) is 55.1 Å². The van der Waals surface area contributed by atoms with Crippen molar-refractivity contribution in [3.05, 3.63) is 75.7 Å². The minimum Gasteiger partial charge on any atom is -0.497 e. The van der Waals surface area contributed by atoms with Crippen molar-refractivity contribution in [3.8, 4) is 5.75 Å². The molecule has 0 bridgehead atoms. The molecule has 0 atom stereocenters. The van der Waals surface area contributed by atoms with Gasteiger partial charge in [-0.25, -0.2) is 4.98 Å². The number of hydrogen-bond donors (Lipinski definition) is 1. The second kappa shape index (κ2) is 9.99. The van der Waals surface area contributed by atoms with E-state index in [9.17, 15) is 9.59 Å². The topological polar surface area (TPSA) is 79.7 Å².